The van der Waals surface area contributed by atoms with Gasteiger partial charge in [0.05, 0.1) is 18.6 Å². The number of anilines is 1. The van der Waals surface area contributed by atoms with Crippen molar-refractivity contribution in [1.82, 2.24) is 9.78 Å². The first-order valence-corrected chi connectivity index (χ1v) is 9.69. The standard InChI is InChI=1S/C21H21N3O3S/c1-14-10-15(2)12-16(11-14)22-19(25)13-28-20-8-9-21(26)24(23-20)17-4-6-18(27-3)7-5-17/h4-12H,13H2,1-3H3,(H,22,25). The van der Waals surface area contributed by atoms with Crippen molar-refractivity contribution in [3.8, 4) is 11.4 Å². The van der Waals surface area contributed by atoms with Crippen molar-refractivity contribution in [1.29, 1.82) is 0 Å². The first kappa shape index (κ1) is 19.7. The molecule has 0 aliphatic carbocycles. The summed E-state index contributed by atoms with van der Waals surface area (Å²) in [6.07, 6.45) is 0. The fourth-order valence-electron chi connectivity index (χ4n) is 2.76. The van der Waals surface area contributed by atoms with Crippen molar-refractivity contribution >= 4 is 23.4 Å². The average molecular weight is 395 g/mol. The molecule has 0 spiro atoms. The first-order valence-electron chi connectivity index (χ1n) is 8.70. The van der Waals surface area contributed by atoms with Crippen molar-refractivity contribution < 1.29 is 9.53 Å². The van der Waals surface area contributed by atoms with Gasteiger partial charge in [0.15, 0.2) is 0 Å². The number of hydrogen-bond donors (Lipinski definition) is 1. The lowest BCUT2D eigenvalue weighted by atomic mass is 10.1. The molecule has 3 rings (SSSR count). The molecule has 1 heterocycles. The number of hydrogen-bond acceptors (Lipinski definition) is 5. The third-order valence-corrected chi connectivity index (χ3v) is 4.87. The van der Waals surface area contributed by atoms with Gasteiger partial charge in [-0.1, -0.05) is 17.8 Å². The Morgan fingerprint density at radius 3 is 2.39 bits per heavy atom. The fourth-order valence-corrected chi connectivity index (χ4v) is 3.42. The molecule has 1 N–H and O–H groups in total. The number of thioether (sulfide) groups is 1. The Labute approximate surface area is 167 Å². The molecule has 144 valence electrons. The van der Waals surface area contributed by atoms with Crippen LogP contribution in [0.1, 0.15) is 11.1 Å². The van der Waals surface area contributed by atoms with Crippen LogP contribution < -0.4 is 15.6 Å². The largest absolute Gasteiger partial charge is 0.497 e. The molecular formula is C21H21N3O3S. The van der Waals surface area contributed by atoms with Gasteiger partial charge >= 0.3 is 0 Å². The van der Waals surface area contributed by atoms with Crippen LogP contribution >= 0.6 is 11.8 Å². The highest BCUT2D eigenvalue weighted by Gasteiger charge is 2.08. The number of aromatic nitrogens is 2. The van der Waals surface area contributed by atoms with Crippen LogP contribution in [0.15, 0.2) is 64.4 Å². The number of amides is 1. The first-order chi connectivity index (χ1) is 13.4. The Bertz CT molecular complexity index is 1030. The molecule has 0 bridgehead atoms. The number of aryl methyl sites for hydroxylation is 2. The highest BCUT2D eigenvalue weighted by atomic mass is 32.2. The Hall–Kier alpha value is -3.06. The topological polar surface area (TPSA) is 73.2 Å². The Kier molecular flexibility index (Phi) is 6.16. The summed E-state index contributed by atoms with van der Waals surface area (Å²) >= 11 is 1.27. The lowest BCUT2D eigenvalue weighted by Crippen LogP contribution is -2.20. The zero-order chi connectivity index (χ0) is 20.1. The molecule has 28 heavy (non-hydrogen) atoms. The highest BCUT2D eigenvalue weighted by molar-refractivity contribution is 7.99. The van der Waals surface area contributed by atoms with Crippen LogP contribution in [0.5, 0.6) is 5.75 Å². The SMILES string of the molecule is COc1ccc(-n2nc(SCC(=O)Nc3cc(C)cc(C)c3)ccc2=O)cc1. The predicted molar refractivity (Wildman–Crippen MR) is 112 cm³/mol. The maximum Gasteiger partial charge on any atom is 0.271 e. The molecule has 3 aromatic rings. The zero-order valence-corrected chi connectivity index (χ0v) is 16.7. The molecule has 0 radical (unpaired) electrons. The molecule has 1 amide bonds. The quantitative estimate of drug-likeness (QED) is 0.646. The lowest BCUT2D eigenvalue weighted by Gasteiger charge is -2.09. The summed E-state index contributed by atoms with van der Waals surface area (Å²) in [6.45, 7) is 3.98. The fraction of sp³-hybridized carbons (Fsp3) is 0.190. The van der Waals surface area contributed by atoms with Crippen molar-refractivity contribution in [2.24, 2.45) is 0 Å². The van der Waals surface area contributed by atoms with Gasteiger partial charge in [0.2, 0.25) is 5.91 Å². The van der Waals surface area contributed by atoms with Crippen molar-refractivity contribution in [3.63, 3.8) is 0 Å². The van der Waals surface area contributed by atoms with Gasteiger partial charge in [0.25, 0.3) is 5.56 Å². The molecule has 0 unspecified atom stereocenters. The number of nitrogens with zero attached hydrogens (tertiary/aromatic N) is 2. The molecule has 0 aliphatic rings. The molecule has 0 saturated heterocycles. The highest BCUT2D eigenvalue weighted by Crippen LogP contribution is 2.18. The van der Waals surface area contributed by atoms with Gasteiger partial charge in [-0.05, 0) is 67.4 Å². The lowest BCUT2D eigenvalue weighted by molar-refractivity contribution is -0.113. The van der Waals surface area contributed by atoms with E-state index in [2.05, 4.69) is 16.5 Å². The minimum atomic E-state index is -0.241. The minimum absolute atomic E-state index is 0.126. The summed E-state index contributed by atoms with van der Waals surface area (Å²) in [6, 6.07) is 16.0. The number of ether oxygens (including phenoxy) is 1. The summed E-state index contributed by atoms with van der Waals surface area (Å²) in [5.41, 5.74) is 3.36. The molecule has 6 nitrogen and oxygen atoms in total. The Balaban J connectivity index is 1.69. The van der Waals surface area contributed by atoms with Crippen LogP contribution in [-0.2, 0) is 4.79 Å². The summed E-state index contributed by atoms with van der Waals surface area (Å²) < 4.78 is 6.44. The monoisotopic (exact) mass is 395 g/mol. The smallest absolute Gasteiger partial charge is 0.271 e. The molecule has 7 heteroatoms. The van der Waals surface area contributed by atoms with Crippen LogP contribution in [-0.4, -0.2) is 28.6 Å². The maximum atomic E-state index is 12.3. The zero-order valence-electron chi connectivity index (χ0n) is 15.9. The number of carbonyl (C=O) groups excluding carboxylic acids is 1. The van der Waals surface area contributed by atoms with Gasteiger partial charge in [0, 0.05) is 11.8 Å². The third-order valence-electron chi connectivity index (χ3n) is 3.95. The van der Waals surface area contributed by atoms with Gasteiger partial charge in [0.1, 0.15) is 10.8 Å². The maximum absolute atomic E-state index is 12.3. The molecule has 0 atom stereocenters. The molecule has 0 aliphatic heterocycles. The second-order valence-electron chi connectivity index (χ2n) is 6.33. The van der Waals surface area contributed by atoms with E-state index in [0.717, 1.165) is 16.8 Å². The Morgan fingerprint density at radius 1 is 1.07 bits per heavy atom. The van der Waals surface area contributed by atoms with Crippen LogP contribution in [0.4, 0.5) is 5.69 Å². The molecule has 0 fully saturated rings. The number of rotatable bonds is 6. The van der Waals surface area contributed by atoms with Crippen molar-refractivity contribution in [3.05, 3.63) is 76.1 Å². The second-order valence-corrected chi connectivity index (χ2v) is 7.33. The minimum Gasteiger partial charge on any atom is -0.497 e. The molecule has 1 aromatic heterocycles. The number of benzene rings is 2. The number of methoxy groups -OCH3 is 1. The molecular weight excluding hydrogens is 374 g/mol. The second kappa shape index (κ2) is 8.75. The van der Waals surface area contributed by atoms with Crippen molar-refractivity contribution in [2.75, 3.05) is 18.2 Å². The third kappa shape index (κ3) is 5.01. The number of carbonyl (C=O) groups is 1. The number of nitrogens with one attached hydrogen (secondary N) is 1. The van der Waals surface area contributed by atoms with Crippen LogP contribution in [0.2, 0.25) is 0 Å². The Morgan fingerprint density at radius 2 is 1.75 bits per heavy atom. The van der Waals surface area contributed by atoms with Crippen molar-refractivity contribution in [2.45, 2.75) is 18.9 Å². The van der Waals surface area contributed by atoms with E-state index in [0.29, 0.717) is 16.5 Å². The average Bonchev–Trinajstić information content (AvgIpc) is 2.66. The van der Waals surface area contributed by atoms with E-state index >= 15 is 0 Å². The van der Waals surface area contributed by atoms with Gasteiger partial charge in [-0.25, -0.2) is 0 Å². The molecule has 0 saturated carbocycles. The van der Waals surface area contributed by atoms with E-state index in [4.69, 9.17) is 4.74 Å². The van der Waals surface area contributed by atoms with E-state index in [9.17, 15) is 9.59 Å². The van der Waals surface area contributed by atoms with E-state index in [1.54, 1.807) is 37.4 Å². The summed E-state index contributed by atoms with van der Waals surface area (Å²) in [5, 5.41) is 7.83. The predicted octanol–water partition coefficient (Wildman–Crippen LogP) is 3.59. The normalized spacial score (nSPS) is 10.5. The van der Waals surface area contributed by atoms with Gasteiger partial charge < -0.3 is 10.1 Å². The van der Waals surface area contributed by atoms with E-state index in [1.807, 2.05) is 26.0 Å². The summed E-state index contributed by atoms with van der Waals surface area (Å²) in [4.78, 5) is 24.4. The van der Waals surface area contributed by atoms with E-state index in [1.165, 1.54) is 22.5 Å². The summed E-state index contributed by atoms with van der Waals surface area (Å²) in [5.74, 6) is 0.769. The van der Waals surface area contributed by atoms with Gasteiger partial charge in [-0.3, -0.25) is 9.59 Å². The van der Waals surface area contributed by atoms with Gasteiger partial charge in [-0.15, -0.1) is 0 Å². The van der Waals surface area contributed by atoms with Gasteiger partial charge in [-0.2, -0.15) is 9.78 Å². The van der Waals surface area contributed by atoms with E-state index in [-0.39, 0.29) is 17.2 Å². The molecule has 2 aromatic carbocycles. The summed E-state index contributed by atoms with van der Waals surface area (Å²) in [7, 11) is 1.58. The van der Waals surface area contributed by atoms with Crippen LogP contribution in [0.25, 0.3) is 5.69 Å². The van der Waals surface area contributed by atoms with Crippen LogP contribution in [0.3, 0.4) is 0 Å². The van der Waals surface area contributed by atoms with E-state index < -0.39 is 0 Å². The van der Waals surface area contributed by atoms with Crippen LogP contribution in [0, 0.1) is 13.8 Å².